The van der Waals surface area contributed by atoms with Crippen LogP contribution in [0.1, 0.15) is 46.5 Å². The van der Waals surface area contributed by atoms with Crippen LogP contribution in [0.25, 0.3) is 0 Å². The predicted molar refractivity (Wildman–Crippen MR) is 128 cm³/mol. The van der Waals surface area contributed by atoms with Crippen LogP contribution in [0, 0.1) is 23.0 Å². The molecule has 9 heteroatoms. The highest BCUT2D eigenvalue weighted by atomic mass is 19.2. The highest BCUT2D eigenvalue weighted by Gasteiger charge is 2.42. The average molecular weight is 499 g/mol. The average Bonchev–Trinajstić information content (AvgIpc) is 2.93. The number of hydrogen-bond acceptors (Lipinski definition) is 6. The van der Waals surface area contributed by atoms with E-state index in [0.29, 0.717) is 38.4 Å². The molecule has 1 amide bonds. The van der Waals surface area contributed by atoms with Crippen LogP contribution in [0.5, 0.6) is 5.75 Å². The Hall–Kier alpha value is -1.81. The second-order valence-electron chi connectivity index (χ2n) is 11.4. The van der Waals surface area contributed by atoms with Gasteiger partial charge in [-0.15, -0.1) is 0 Å². The summed E-state index contributed by atoms with van der Waals surface area (Å²) >= 11 is 0. The number of methoxy groups -OCH3 is 1. The van der Waals surface area contributed by atoms with Gasteiger partial charge in [-0.25, -0.2) is 4.39 Å². The number of β-amino-alcohol motifs (C(OH)–C–C–N with tert-alkyl or cyclic N) is 2. The van der Waals surface area contributed by atoms with Gasteiger partial charge in [-0.3, -0.25) is 9.69 Å². The number of rotatable bonds is 7. The van der Waals surface area contributed by atoms with Crippen molar-refractivity contribution in [2.75, 3.05) is 53.0 Å². The van der Waals surface area contributed by atoms with E-state index >= 15 is 0 Å². The molecule has 35 heavy (non-hydrogen) atoms. The minimum atomic E-state index is -1.56. The first-order valence-electron chi connectivity index (χ1n) is 12.3. The zero-order valence-electron chi connectivity index (χ0n) is 21.4. The summed E-state index contributed by atoms with van der Waals surface area (Å²) in [6, 6.07) is 3.61. The van der Waals surface area contributed by atoms with E-state index in [-0.39, 0.29) is 43.4 Å². The highest BCUT2D eigenvalue weighted by molar-refractivity contribution is 5.77. The largest absolute Gasteiger partial charge is 0.487 e. The normalized spacial score (nSPS) is 28.6. The Morgan fingerprint density at radius 2 is 1.80 bits per heavy atom. The van der Waals surface area contributed by atoms with E-state index < -0.39 is 22.8 Å². The maximum atomic E-state index is 14.1. The molecule has 0 bridgehead atoms. The van der Waals surface area contributed by atoms with Gasteiger partial charge in [0.1, 0.15) is 18.8 Å². The Balaban J connectivity index is 1.73. The molecular formula is C26H40F2N2O5. The molecule has 1 saturated carbocycles. The number of nitrogens with zero attached hydrogens (tertiary/aromatic N) is 2. The van der Waals surface area contributed by atoms with Gasteiger partial charge in [0.15, 0.2) is 11.6 Å². The fraction of sp³-hybridized carbons (Fsp3) is 0.731. The SMILES string of the molecule is COCC(=O)N1CCN(CC2(O)CCC(C(C)(C)C)CC2)CC(O)(COc2cccc(F)c2F)C1. The Morgan fingerprint density at radius 1 is 1.11 bits per heavy atom. The first-order chi connectivity index (χ1) is 16.3. The molecule has 2 fully saturated rings. The second kappa shape index (κ2) is 11.1. The number of aliphatic hydroxyl groups is 2. The van der Waals surface area contributed by atoms with E-state index in [1.165, 1.54) is 24.1 Å². The van der Waals surface area contributed by atoms with Crippen molar-refractivity contribution < 1.29 is 33.3 Å². The lowest BCUT2D eigenvalue weighted by Crippen LogP contribution is -2.54. The summed E-state index contributed by atoms with van der Waals surface area (Å²) < 4.78 is 38.2. The molecule has 0 spiro atoms. The summed E-state index contributed by atoms with van der Waals surface area (Å²) in [5, 5.41) is 22.9. The third kappa shape index (κ3) is 7.35. The van der Waals surface area contributed by atoms with E-state index in [1.807, 2.05) is 4.90 Å². The van der Waals surface area contributed by atoms with E-state index in [9.17, 15) is 23.8 Å². The lowest BCUT2D eigenvalue weighted by molar-refractivity contribution is -0.138. The highest BCUT2D eigenvalue weighted by Crippen LogP contribution is 2.41. The van der Waals surface area contributed by atoms with Gasteiger partial charge in [-0.1, -0.05) is 26.8 Å². The van der Waals surface area contributed by atoms with Crippen LogP contribution in [-0.2, 0) is 9.53 Å². The van der Waals surface area contributed by atoms with Crippen LogP contribution in [0.15, 0.2) is 18.2 Å². The lowest BCUT2D eigenvalue weighted by atomic mass is 9.68. The maximum absolute atomic E-state index is 14.1. The van der Waals surface area contributed by atoms with Crippen molar-refractivity contribution in [2.24, 2.45) is 11.3 Å². The van der Waals surface area contributed by atoms with E-state index in [2.05, 4.69) is 20.8 Å². The molecule has 1 atom stereocenters. The number of ether oxygens (including phenoxy) is 2. The quantitative estimate of drug-likeness (QED) is 0.602. The van der Waals surface area contributed by atoms with Crippen LogP contribution >= 0.6 is 0 Å². The van der Waals surface area contributed by atoms with Crippen molar-refractivity contribution in [3.05, 3.63) is 29.8 Å². The molecule has 2 aliphatic rings. The van der Waals surface area contributed by atoms with Crippen LogP contribution in [0.4, 0.5) is 8.78 Å². The molecule has 1 aliphatic carbocycles. The fourth-order valence-corrected chi connectivity index (χ4v) is 5.30. The molecule has 1 aromatic carbocycles. The number of amides is 1. The molecule has 1 saturated heterocycles. The Bertz CT molecular complexity index is 870. The van der Waals surface area contributed by atoms with Gasteiger partial charge in [-0.2, -0.15) is 4.39 Å². The van der Waals surface area contributed by atoms with Gasteiger partial charge in [0.05, 0.1) is 12.1 Å². The van der Waals surface area contributed by atoms with Crippen molar-refractivity contribution in [1.82, 2.24) is 9.80 Å². The molecule has 0 radical (unpaired) electrons. The lowest BCUT2D eigenvalue weighted by Gasteiger charge is -2.43. The molecule has 7 nitrogen and oxygen atoms in total. The molecule has 1 heterocycles. The van der Waals surface area contributed by atoms with Crippen LogP contribution in [0.3, 0.4) is 0 Å². The summed E-state index contributed by atoms with van der Waals surface area (Å²) in [5.74, 6) is -2.21. The Labute approximate surface area is 207 Å². The summed E-state index contributed by atoms with van der Waals surface area (Å²) in [5.41, 5.74) is -2.25. The Kier molecular flexibility index (Phi) is 8.78. The summed E-state index contributed by atoms with van der Waals surface area (Å²) in [7, 11) is 1.42. The van der Waals surface area contributed by atoms with Crippen LogP contribution in [0.2, 0.25) is 0 Å². The molecular weight excluding hydrogens is 458 g/mol. The first-order valence-corrected chi connectivity index (χ1v) is 12.3. The molecule has 1 aromatic rings. The zero-order valence-corrected chi connectivity index (χ0v) is 21.4. The van der Waals surface area contributed by atoms with Gasteiger partial charge < -0.3 is 24.6 Å². The topological polar surface area (TPSA) is 82.5 Å². The minimum Gasteiger partial charge on any atom is -0.487 e. The van der Waals surface area contributed by atoms with Gasteiger partial charge in [0.25, 0.3) is 0 Å². The molecule has 198 valence electrons. The van der Waals surface area contributed by atoms with Gasteiger partial charge in [0, 0.05) is 33.3 Å². The van der Waals surface area contributed by atoms with Crippen molar-refractivity contribution >= 4 is 5.91 Å². The smallest absolute Gasteiger partial charge is 0.248 e. The summed E-state index contributed by atoms with van der Waals surface area (Å²) in [6.07, 6.45) is 3.19. The van der Waals surface area contributed by atoms with Gasteiger partial charge in [-0.05, 0) is 49.1 Å². The second-order valence-corrected chi connectivity index (χ2v) is 11.4. The van der Waals surface area contributed by atoms with Crippen LogP contribution in [-0.4, -0.2) is 90.2 Å². The minimum absolute atomic E-state index is 0.0485. The Morgan fingerprint density at radius 3 is 2.43 bits per heavy atom. The number of carbonyl (C=O) groups is 1. The summed E-state index contributed by atoms with van der Waals surface area (Å²) in [6.45, 7) is 7.43. The number of carbonyl (C=O) groups excluding carboxylic acids is 1. The monoisotopic (exact) mass is 498 g/mol. The fourth-order valence-electron chi connectivity index (χ4n) is 5.30. The zero-order chi connectivity index (χ0) is 25.9. The summed E-state index contributed by atoms with van der Waals surface area (Å²) in [4.78, 5) is 16.0. The molecule has 2 N–H and O–H groups in total. The number of hydrogen-bond donors (Lipinski definition) is 2. The maximum Gasteiger partial charge on any atom is 0.248 e. The standard InChI is InChI=1S/C26H40F2N2O5/c1-24(2,3)19-8-10-25(32,11-9-19)15-29-12-13-30(22(31)14-34-4)17-26(33,16-29)18-35-21-7-5-6-20(27)23(21)28/h5-7,19,32-33H,8-18H2,1-4H3. The van der Waals surface area contributed by atoms with Gasteiger partial charge in [0.2, 0.25) is 11.7 Å². The third-order valence-corrected chi connectivity index (χ3v) is 7.38. The van der Waals surface area contributed by atoms with E-state index in [1.54, 1.807) is 0 Å². The van der Waals surface area contributed by atoms with Crippen molar-refractivity contribution in [1.29, 1.82) is 0 Å². The van der Waals surface area contributed by atoms with Crippen molar-refractivity contribution in [3.63, 3.8) is 0 Å². The van der Waals surface area contributed by atoms with Crippen LogP contribution < -0.4 is 4.74 Å². The van der Waals surface area contributed by atoms with E-state index in [4.69, 9.17) is 9.47 Å². The molecule has 0 aromatic heterocycles. The number of halogens is 2. The van der Waals surface area contributed by atoms with E-state index in [0.717, 1.165) is 18.9 Å². The molecule has 3 rings (SSSR count). The van der Waals surface area contributed by atoms with Crippen molar-refractivity contribution in [2.45, 2.75) is 57.7 Å². The third-order valence-electron chi connectivity index (χ3n) is 7.38. The first kappa shape index (κ1) is 27.8. The number of benzene rings is 1. The molecule has 1 unspecified atom stereocenters. The molecule has 1 aliphatic heterocycles. The van der Waals surface area contributed by atoms with Gasteiger partial charge >= 0.3 is 0 Å². The van der Waals surface area contributed by atoms with Crippen molar-refractivity contribution in [3.8, 4) is 5.75 Å². The predicted octanol–water partition coefficient (Wildman–Crippen LogP) is 2.83.